The molecule has 0 aromatic carbocycles. The topological polar surface area (TPSA) is 3.24 Å². The van der Waals surface area contributed by atoms with E-state index in [0.29, 0.717) is 0 Å². The van der Waals surface area contributed by atoms with E-state index in [1.807, 2.05) is 0 Å². The lowest BCUT2D eigenvalue weighted by atomic mass is 9.92. The normalized spacial score (nSPS) is 58.0. The minimum atomic E-state index is 0.896. The third-order valence-electron chi connectivity index (χ3n) is 4.73. The van der Waals surface area contributed by atoms with Crippen LogP contribution in [-0.4, -0.2) is 23.0 Å². The van der Waals surface area contributed by atoms with Gasteiger partial charge in [0.1, 0.15) is 0 Å². The van der Waals surface area contributed by atoms with Crippen molar-refractivity contribution in [3.8, 4) is 0 Å². The van der Waals surface area contributed by atoms with Crippen molar-refractivity contribution >= 4 is 0 Å². The SMILES string of the molecule is CC1C2CCC1N1C(C)CCC21. The Labute approximate surface area is 75.1 Å². The van der Waals surface area contributed by atoms with Crippen molar-refractivity contribution in [3.63, 3.8) is 0 Å². The van der Waals surface area contributed by atoms with Crippen molar-refractivity contribution in [2.45, 2.75) is 57.7 Å². The van der Waals surface area contributed by atoms with Gasteiger partial charge in [-0.15, -0.1) is 0 Å². The minimum Gasteiger partial charge on any atom is -0.294 e. The van der Waals surface area contributed by atoms with E-state index < -0.39 is 0 Å². The molecule has 3 aliphatic rings. The van der Waals surface area contributed by atoms with Crippen molar-refractivity contribution in [1.82, 2.24) is 4.90 Å². The van der Waals surface area contributed by atoms with Crippen LogP contribution in [0.15, 0.2) is 0 Å². The predicted molar refractivity (Wildman–Crippen MR) is 50.0 cm³/mol. The molecule has 0 radical (unpaired) electrons. The summed E-state index contributed by atoms with van der Waals surface area (Å²) in [6.07, 6.45) is 5.98. The Balaban J connectivity index is 1.93. The maximum Gasteiger partial charge on any atom is 0.0133 e. The standard InChI is InChI=1S/C11H19N/c1-7-3-5-11-9-4-6-10(8(9)2)12(7)11/h7-11H,3-6H2,1-2H3. The lowest BCUT2D eigenvalue weighted by Gasteiger charge is -2.32. The first-order valence-electron chi connectivity index (χ1n) is 5.56. The molecule has 1 nitrogen and oxygen atoms in total. The zero-order valence-corrected chi connectivity index (χ0v) is 8.16. The molecule has 68 valence electrons. The molecule has 5 atom stereocenters. The summed E-state index contributed by atoms with van der Waals surface area (Å²) in [5.74, 6) is 2.08. The van der Waals surface area contributed by atoms with Crippen molar-refractivity contribution in [2.75, 3.05) is 0 Å². The average molecular weight is 165 g/mol. The van der Waals surface area contributed by atoms with E-state index in [-0.39, 0.29) is 0 Å². The largest absolute Gasteiger partial charge is 0.294 e. The van der Waals surface area contributed by atoms with E-state index in [1.165, 1.54) is 25.7 Å². The molecule has 0 spiro atoms. The molecule has 0 aromatic rings. The zero-order chi connectivity index (χ0) is 8.29. The van der Waals surface area contributed by atoms with Gasteiger partial charge in [0.05, 0.1) is 0 Å². The molecule has 12 heavy (non-hydrogen) atoms. The highest BCUT2D eigenvalue weighted by Gasteiger charge is 2.54. The van der Waals surface area contributed by atoms with Crippen molar-refractivity contribution in [2.24, 2.45) is 11.8 Å². The van der Waals surface area contributed by atoms with E-state index in [4.69, 9.17) is 0 Å². The Morgan fingerprint density at radius 3 is 2.42 bits per heavy atom. The van der Waals surface area contributed by atoms with Crippen LogP contribution in [0.3, 0.4) is 0 Å². The molecule has 5 unspecified atom stereocenters. The monoisotopic (exact) mass is 165 g/mol. The molecule has 3 fully saturated rings. The highest BCUT2D eigenvalue weighted by Crippen LogP contribution is 2.52. The molecule has 1 heteroatoms. The van der Waals surface area contributed by atoms with Crippen LogP contribution < -0.4 is 0 Å². The number of hydrogen-bond acceptors (Lipinski definition) is 1. The van der Waals surface area contributed by atoms with Gasteiger partial charge in [0, 0.05) is 18.1 Å². The number of rotatable bonds is 0. The number of piperidine rings is 1. The Kier molecular flexibility index (Phi) is 1.39. The second-order valence-electron chi connectivity index (χ2n) is 5.11. The highest BCUT2D eigenvalue weighted by atomic mass is 15.3. The molecule has 0 aromatic heterocycles. The van der Waals surface area contributed by atoms with Gasteiger partial charge in [-0.05, 0) is 44.4 Å². The molecule has 2 bridgehead atoms. The van der Waals surface area contributed by atoms with Crippen LogP contribution >= 0.6 is 0 Å². The van der Waals surface area contributed by atoms with Gasteiger partial charge in [-0.3, -0.25) is 4.90 Å². The lowest BCUT2D eigenvalue weighted by molar-refractivity contribution is 0.144. The molecule has 1 aliphatic carbocycles. The van der Waals surface area contributed by atoms with E-state index in [9.17, 15) is 0 Å². The summed E-state index contributed by atoms with van der Waals surface area (Å²) in [6, 6.07) is 2.86. The third-order valence-corrected chi connectivity index (χ3v) is 4.73. The first-order chi connectivity index (χ1) is 5.79. The summed E-state index contributed by atoms with van der Waals surface area (Å²) in [6.45, 7) is 4.90. The van der Waals surface area contributed by atoms with Gasteiger partial charge in [-0.25, -0.2) is 0 Å². The van der Waals surface area contributed by atoms with E-state index in [0.717, 1.165) is 30.0 Å². The Morgan fingerprint density at radius 2 is 1.67 bits per heavy atom. The molecule has 1 saturated carbocycles. The Hall–Kier alpha value is -0.0400. The molecule has 2 saturated heterocycles. The Bertz CT molecular complexity index is 199. The summed E-state index contributed by atoms with van der Waals surface area (Å²) >= 11 is 0. The van der Waals surface area contributed by atoms with Crippen LogP contribution in [0.5, 0.6) is 0 Å². The van der Waals surface area contributed by atoms with Gasteiger partial charge in [0.15, 0.2) is 0 Å². The fourth-order valence-corrected chi connectivity index (χ4v) is 4.18. The van der Waals surface area contributed by atoms with Gasteiger partial charge in [-0.1, -0.05) is 6.92 Å². The van der Waals surface area contributed by atoms with Gasteiger partial charge in [-0.2, -0.15) is 0 Å². The van der Waals surface area contributed by atoms with E-state index >= 15 is 0 Å². The van der Waals surface area contributed by atoms with Gasteiger partial charge in [0.25, 0.3) is 0 Å². The summed E-state index contributed by atoms with van der Waals surface area (Å²) in [7, 11) is 0. The van der Waals surface area contributed by atoms with Crippen LogP contribution in [0.25, 0.3) is 0 Å². The summed E-state index contributed by atoms with van der Waals surface area (Å²) < 4.78 is 0. The van der Waals surface area contributed by atoms with Crippen LogP contribution in [0.1, 0.15) is 39.5 Å². The molecular formula is C11H19N. The van der Waals surface area contributed by atoms with Crippen LogP contribution in [0.4, 0.5) is 0 Å². The molecular weight excluding hydrogens is 146 g/mol. The summed E-state index contributed by atoms with van der Waals surface area (Å²) in [5.41, 5.74) is 0. The molecule has 0 N–H and O–H groups in total. The van der Waals surface area contributed by atoms with E-state index in [2.05, 4.69) is 18.7 Å². The van der Waals surface area contributed by atoms with Gasteiger partial charge >= 0.3 is 0 Å². The Morgan fingerprint density at radius 1 is 0.917 bits per heavy atom. The summed E-state index contributed by atoms with van der Waals surface area (Å²) in [4.78, 5) is 2.85. The quantitative estimate of drug-likeness (QED) is 0.532. The van der Waals surface area contributed by atoms with Crippen LogP contribution in [0.2, 0.25) is 0 Å². The average Bonchev–Trinajstić information content (AvgIpc) is 2.66. The van der Waals surface area contributed by atoms with Crippen molar-refractivity contribution in [1.29, 1.82) is 0 Å². The van der Waals surface area contributed by atoms with E-state index in [1.54, 1.807) is 0 Å². The fourth-order valence-electron chi connectivity index (χ4n) is 4.18. The predicted octanol–water partition coefficient (Wildman–Crippen LogP) is 2.27. The maximum absolute atomic E-state index is 2.85. The van der Waals surface area contributed by atoms with Gasteiger partial charge in [0.2, 0.25) is 0 Å². The number of hydrogen-bond donors (Lipinski definition) is 0. The lowest BCUT2D eigenvalue weighted by Crippen LogP contribution is -2.40. The molecule has 2 aliphatic heterocycles. The van der Waals surface area contributed by atoms with Gasteiger partial charge < -0.3 is 0 Å². The minimum absolute atomic E-state index is 0.896. The zero-order valence-electron chi connectivity index (χ0n) is 8.16. The third kappa shape index (κ3) is 0.693. The summed E-state index contributed by atoms with van der Waals surface area (Å²) in [5, 5.41) is 0. The fraction of sp³-hybridized carbons (Fsp3) is 1.00. The first-order valence-corrected chi connectivity index (χ1v) is 5.56. The van der Waals surface area contributed by atoms with Crippen LogP contribution in [0, 0.1) is 11.8 Å². The number of fused-ring (bicyclic) bond motifs is 5. The molecule has 3 rings (SSSR count). The highest BCUT2D eigenvalue weighted by molar-refractivity contribution is 5.07. The second-order valence-corrected chi connectivity index (χ2v) is 5.11. The first kappa shape index (κ1) is 7.37. The molecule has 2 heterocycles. The second kappa shape index (κ2) is 2.25. The van der Waals surface area contributed by atoms with Crippen molar-refractivity contribution in [3.05, 3.63) is 0 Å². The van der Waals surface area contributed by atoms with Crippen molar-refractivity contribution < 1.29 is 0 Å². The smallest absolute Gasteiger partial charge is 0.0133 e. The molecule has 0 amide bonds. The maximum atomic E-state index is 2.85. The van der Waals surface area contributed by atoms with Crippen LogP contribution in [-0.2, 0) is 0 Å². The number of nitrogens with zero attached hydrogens (tertiary/aromatic N) is 1.